The van der Waals surface area contributed by atoms with E-state index in [1.807, 2.05) is 6.07 Å². The van der Waals surface area contributed by atoms with Gasteiger partial charge in [-0.1, -0.05) is 45.1 Å². The molecule has 0 amide bonds. The third kappa shape index (κ3) is 5.24. The molecule has 0 saturated heterocycles. The fourth-order valence-corrected chi connectivity index (χ4v) is 2.89. The number of benzene rings is 2. The second-order valence-corrected chi connectivity index (χ2v) is 6.40. The summed E-state index contributed by atoms with van der Waals surface area (Å²) < 4.78 is 0. The first-order valence-corrected chi connectivity index (χ1v) is 8.91. The predicted octanol–water partition coefficient (Wildman–Crippen LogP) is 4.94. The topological polar surface area (TPSA) is 77.8 Å². The van der Waals surface area contributed by atoms with Crippen LogP contribution in [0.3, 0.4) is 0 Å². The summed E-state index contributed by atoms with van der Waals surface area (Å²) >= 11 is 0. The Kier molecular flexibility index (Phi) is 6.87. The Morgan fingerprint density at radius 3 is 2.24 bits per heavy atom. The monoisotopic (exact) mass is 342 g/mol. The lowest BCUT2D eigenvalue weighted by atomic mass is 9.97. The van der Waals surface area contributed by atoms with Crippen molar-refractivity contribution in [3.63, 3.8) is 0 Å². The number of hydrogen-bond donors (Lipinski definition) is 3. The molecule has 0 unspecified atom stereocenters. The number of ketones is 1. The fourth-order valence-electron chi connectivity index (χ4n) is 2.89. The van der Waals surface area contributed by atoms with Gasteiger partial charge >= 0.3 is 0 Å². The van der Waals surface area contributed by atoms with E-state index in [1.165, 1.54) is 43.9 Å². The van der Waals surface area contributed by atoms with Crippen molar-refractivity contribution < 1.29 is 20.1 Å². The van der Waals surface area contributed by atoms with Gasteiger partial charge in [-0.2, -0.15) is 0 Å². The van der Waals surface area contributed by atoms with E-state index in [-0.39, 0.29) is 28.4 Å². The highest BCUT2D eigenvalue weighted by molar-refractivity contribution is 6.12. The standard InChI is InChI=1S/C21H26O4/c1-2-3-4-5-6-7-8-15-9-12-19(23)18(13-15)21(25)17-11-10-16(22)14-20(17)24/h9-14,22-24H,2-8H2,1H3. The highest BCUT2D eigenvalue weighted by Gasteiger charge is 2.18. The van der Waals surface area contributed by atoms with Crippen molar-refractivity contribution in [2.45, 2.75) is 51.9 Å². The van der Waals surface area contributed by atoms with Crippen LogP contribution in [-0.2, 0) is 6.42 Å². The molecule has 0 spiro atoms. The maximum absolute atomic E-state index is 12.6. The van der Waals surface area contributed by atoms with E-state index in [0.717, 1.165) is 30.9 Å². The van der Waals surface area contributed by atoms with Crippen molar-refractivity contribution in [2.75, 3.05) is 0 Å². The zero-order chi connectivity index (χ0) is 18.2. The number of hydrogen-bond acceptors (Lipinski definition) is 4. The summed E-state index contributed by atoms with van der Waals surface area (Å²) in [5.74, 6) is -0.982. The number of aromatic hydroxyl groups is 3. The Hall–Kier alpha value is -2.49. The van der Waals surface area contributed by atoms with E-state index in [0.29, 0.717) is 0 Å². The first kappa shape index (κ1) is 18.8. The number of aryl methyl sites for hydroxylation is 1. The third-order valence-electron chi connectivity index (χ3n) is 4.35. The number of unbranched alkanes of at least 4 members (excludes halogenated alkanes) is 5. The Labute approximate surface area is 148 Å². The largest absolute Gasteiger partial charge is 0.508 e. The first-order chi connectivity index (χ1) is 12.0. The molecule has 0 saturated carbocycles. The van der Waals surface area contributed by atoms with Crippen LogP contribution < -0.4 is 0 Å². The molecule has 2 aromatic rings. The number of carbonyl (C=O) groups is 1. The third-order valence-corrected chi connectivity index (χ3v) is 4.35. The van der Waals surface area contributed by atoms with Crippen LogP contribution in [0.5, 0.6) is 17.2 Å². The molecule has 25 heavy (non-hydrogen) atoms. The normalized spacial score (nSPS) is 10.8. The van der Waals surface area contributed by atoms with Crippen LogP contribution >= 0.6 is 0 Å². The molecule has 0 aliphatic heterocycles. The molecule has 4 nitrogen and oxygen atoms in total. The van der Waals surface area contributed by atoms with Gasteiger partial charge in [-0.05, 0) is 42.7 Å². The lowest BCUT2D eigenvalue weighted by Gasteiger charge is -2.09. The zero-order valence-electron chi connectivity index (χ0n) is 14.7. The Bertz CT molecular complexity index is 722. The lowest BCUT2D eigenvalue weighted by molar-refractivity contribution is 0.103. The van der Waals surface area contributed by atoms with E-state index in [4.69, 9.17) is 0 Å². The molecule has 0 aliphatic carbocycles. The fraction of sp³-hybridized carbons (Fsp3) is 0.381. The molecule has 0 fully saturated rings. The summed E-state index contributed by atoms with van der Waals surface area (Å²) in [5.41, 5.74) is 1.23. The van der Waals surface area contributed by atoms with Gasteiger partial charge in [0.25, 0.3) is 0 Å². The zero-order valence-corrected chi connectivity index (χ0v) is 14.7. The Morgan fingerprint density at radius 1 is 0.800 bits per heavy atom. The Balaban J connectivity index is 2.06. The highest BCUT2D eigenvalue weighted by Crippen LogP contribution is 2.29. The van der Waals surface area contributed by atoms with Gasteiger partial charge < -0.3 is 15.3 Å². The molecule has 134 valence electrons. The molecule has 0 heterocycles. The van der Waals surface area contributed by atoms with Crippen molar-refractivity contribution in [1.82, 2.24) is 0 Å². The summed E-state index contributed by atoms with van der Waals surface area (Å²) in [6.07, 6.45) is 8.04. The smallest absolute Gasteiger partial charge is 0.200 e. The summed E-state index contributed by atoms with van der Waals surface area (Å²) in [6, 6.07) is 8.85. The molecular weight excluding hydrogens is 316 g/mol. The predicted molar refractivity (Wildman–Crippen MR) is 98.4 cm³/mol. The number of rotatable bonds is 9. The molecule has 0 aliphatic rings. The van der Waals surface area contributed by atoms with Gasteiger partial charge in [-0.15, -0.1) is 0 Å². The maximum atomic E-state index is 12.6. The van der Waals surface area contributed by atoms with Gasteiger partial charge in [-0.25, -0.2) is 0 Å². The lowest BCUT2D eigenvalue weighted by Crippen LogP contribution is -2.03. The van der Waals surface area contributed by atoms with E-state index in [1.54, 1.807) is 6.07 Å². The van der Waals surface area contributed by atoms with E-state index >= 15 is 0 Å². The van der Waals surface area contributed by atoms with Crippen LogP contribution in [0.2, 0.25) is 0 Å². The van der Waals surface area contributed by atoms with Crippen LogP contribution in [0.1, 0.15) is 66.9 Å². The van der Waals surface area contributed by atoms with Gasteiger partial charge in [0, 0.05) is 6.07 Å². The second-order valence-electron chi connectivity index (χ2n) is 6.40. The molecule has 2 rings (SSSR count). The minimum atomic E-state index is -0.459. The van der Waals surface area contributed by atoms with Crippen LogP contribution in [0.25, 0.3) is 0 Å². The SMILES string of the molecule is CCCCCCCCc1ccc(O)c(C(=O)c2ccc(O)cc2O)c1. The second kappa shape index (κ2) is 9.11. The molecule has 3 N–H and O–H groups in total. The van der Waals surface area contributed by atoms with Gasteiger partial charge in [0.05, 0.1) is 11.1 Å². The Morgan fingerprint density at radius 2 is 1.52 bits per heavy atom. The van der Waals surface area contributed by atoms with E-state index < -0.39 is 5.78 Å². The van der Waals surface area contributed by atoms with Crippen molar-refractivity contribution in [3.05, 3.63) is 53.1 Å². The summed E-state index contributed by atoms with van der Waals surface area (Å²) in [6.45, 7) is 2.20. The van der Waals surface area contributed by atoms with Gasteiger partial charge in [0.2, 0.25) is 0 Å². The van der Waals surface area contributed by atoms with Crippen LogP contribution in [0.15, 0.2) is 36.4 Å². The number of phenols is 3. The molecule has 0 radical (unpaired) electrons. The summed E-state index contributed by atoms with van der Waals surface area (Å²) in [7, 11) is 0. The molecular formula is C21H26O4. The molecule has 0 atom stereocenters. The summed E-state index contributed by atoms with van der Waals surface area (Å²) in [4.78, 5) is 12.6. The van der Waals surface area contributed by atoms with Crippen LogP contribution in [-0.4, -0.2) is 21.1 Å². The van der Waals surface area contributed by atoms with E-state index in [9.17, 15) is 20.1 Å². The maximum Gasteiger partial charge on any atom is 0.200 e. The van der Waals surface area contributed by atoms with Gasteiger partial charge in [0.1, 0.15) is 17.2 Å². The van der Waals surface area contributed by atoms with Crippen molar-refractivity contribution in [3.8, 4) is 17.2 Å². The molecule has 2 aromatic carbocycles. The van der Waals surface area contributed by atoms with Crippen molar-refractivity contribution >= 4 is 5.78 Å². The van der Waals surface area contributed by atoms with E-state index in [2.05, 4.69) is 6.92 Å². The average molecular weight is 342 g/mol. The number of phenolic OH excluding ortho intramolecular Hbond substituents is 3. The molecule has 4 heteroatoms. The average Bonchev–Trinajstić information content (AvgIpc) is 2.59. The highest BCUT2D eigenvalue weighted by atomic mass is 16.3. The molecule has 0 bridgehead atoms. The summed E-state index contributed by atoms with van der Waals surface area (Å²) in [5, 5.41) is 29.2. The van der Waals surface area contributed by atoms with Gasteiger partial charge in [0.15, 0.2) is 5.78 Å². The van der Waals surface area contributed by atoms with Crippen LogP contribution in [0, 0.1) is 0 Å². The van der Waals surface area contributed by atoms with Crippen molar-refractivity contribution in [1.29, 1.82) is 0 Å². The quantitative estimate of drug-likeness (QED) is 0.446. The minimum absolute atomic E-state index is 0.0600. The van der Waals surface area contributed by atoms with Gasteiger partial charge in [-0.3, -0.25) is 4.79 Å². The first-order valence-electron chi connectivity index (χ1n) is 8.91. The van der Waals surface area contributed by atoms with Crippen molar-refractivity contribution in [2.24, 2.45) is 0 Å². The molecule has 0 aromatic heterocycles. The number of carbonyl (C=O) groups excluding carboxylic acids is 1. The van der Waals surface area contributed by atoms with Crippen LogP contribution in [0.4, 0.5) is 0 Å². The minimum Gasteiger partial charge on any atom is -0.508 e.